The van der Waals surface area contributed by atoms with Gasteiger partial charge in [-0.05, 0) is 5.56 Å². The lowest BCUT2D eigenvalue weighted by Gasteiger charge is -2.34. The molecule has 0 aliphatic carbocycles. The summed E-state index contributed by atoms with van der Waals surface area (Å²) < 4.78 is 0. The Morgan fingerprint density at radius 1 is 1.00 bits per heavy atom. The van der Waals surface area contributed by atoms with E-state index in [1.54, 1.807) is 0 Å². The molecule has 2 rings (SSSR count). The van der Waals surface area contributed by atoms with Crippen LogP contribution in [0, 0.1) is 0 Å². The molecule has 19 heavy (non-hydrogen) atoms. The molecule has 1 aliphatic rings. The summed E-state index contributed by atoms with van der Waals surface area (Å²) in [5, 5.41) is 3.49. The molecule has 0 spiro atoms. The molecule has 3 nitrogen and oxygen atoms in total. The number of hydrogen-bond acceptors (Lipinski definition) is 3. The fourth-order valence-electron chi connectivity index (χ4n) is 2.52. The molecule has 0 bridgehead atoms. The Hall–Kier alpha value is -0.900. The molecule has 0 unspecified atom stereocenters. The third-order valence-electron chi connectivity index (χ3n) is 3.69. The highest BCUT2D eigenvalue weighted by molar-refractivity contribution is 5.14. The lowest BCUT2D eigenvalue weighted by Crippen LogP contribution is -2.48. The first-order valence-corrected chi connectivity index (χ1v) is 7.46. The van der Waals surface area contributed by atoms with Crippen molar-refractivity contribution >= 4 is 0 Å². The van der Waals surface area contributed by atoms with Gasteiger partial charge in [-0.25, -0.2) is 0 Å². The minimum absolute atomic E-state index is 0.597. The van der Waals surface area contributed by atoms with Crippen molar-refractivity contribution in [1.82, 2.24) is 15.1 Å². The lowest BCUT2D eigenvalue weighted by atomic mass is 10.2. The molecule has 0 aromatic heterocycles. The molecule has 1 N–H and O–H groups in total. The quantitative estimate of drug-likeness (QED) is 0.842. The molecule has 1 aromatic carbocycles. The largest absolute Gasteiger partial charge is 0.313 e. The Morgan fingerprint density at radius 3 is 2.26 bits per heavy atom. The van der Waals surface area contributed by atoms with Crippen LogP contribution in [0.4, 0.5) is 0 Å². The van der Waals surface area contributed by atoms with Crippen LogP contribution in [0.2, 0.25) is 0 Å². The van der Waals surface area contributed by atoms with Gasteiger partial charge in [-0.1, -0.05) is 44.2 Å². The van der Waals surface area contributed by atoms with Gasteiger partial charge in [0, 0.05) is 51.9 Å². The van der Waals surface area contributed by atoms with Crippen molar-refractivity contribution in [1.29, 1.82) is 0 Å². The Bertz CT molecular complexity index is 342. The van der Waals surface area contributed by atoms with Crippen molar-refractivity contribution in [3.8, 4) is 0 Å². The monoisotopic (exact) mass is 261 g/mol. The molecule has 1 heterocycles. The highest BCUT2D eigenvalue weighted by Crippen LogP contribution is 2.07. The van der Waals surface area contributed by atoms with E-state index in [-0.39, 0.29) is 0 Å². The van der Waals surface area contributed by atoms with Crippen molar-refractivity contribution < 1.29 is 0 Å². The molecular formula is C16H27N3. The summed E-state index contributed by atoms with van der Waals surface area (Å²) in [5.41, 5.74) is 1.43. The van der Waals surface area contributed by atoms with Gasteiger partial charge in [0.1, 0.15) is 0 Å². The summed E-state index contributed by atoms with van der Waals surface area (Å²) in [6, 6.07) is 11.4. The van der Waals surface area contributed by atoms with E-state index >= 15 is 0 Å². The molecule has 1 saturated heterocycles. The maximum atomic E-state index is 3.49. The van der Waals surface area contributed by atoms with Crippen molar-refractivity contribution in [2.24, 2.45) is 0 Å². The fourth-order valence-corrected chi connectivity index (χ4v) is 2.52. The minimum atomic E-state index is 0.597. The van der Waals surface area contributed by atoms with Gasteiger partial charge in [-0.15, -0.1) is 0 Å². The summed E-state index contributed by atoms with van der Waals surface area (Å²) in [6.45, 7) is 12.6. The Kier molecular flexibility index (Phi) is 5.83. The number of benzene rings is 1. The molecule has 3 heteroatoms. The van der Waals surface area contributed by atoms with Gasteiger partial charge in [0.2, 0.25) is 0 Å². The average Bonchev–Trinajstić information content (AvgIpc) is 2.42. The van der Waals surface area contributed by atoms with Gasteiger partial charge in [-0.3, -0.25) is 9.80 Å². The first kappa shape index (κ1) is 14.5. The van der Waals surface area contributed by atoms with Crippen molar-refractivity contribution in [2.75, 3.05) is 39.3 Å². The zero-order valence-corrected chi connectivity index (χ0v) is 12.3. The van der Waals surface area contributed by atoms with Gasteiger partial charge in [0.05, 0.1) is 0 Å². The van der Waals surface area contributed by atoms with Gasteiger partial charge in [0.15, 0.2) is 0 Å². The molecule has 0 saturated carbocycles. The molecule has 0 amide bonds. The Labute approximate surface area is 117 Å². The summed E-state index contributed by atoms with van der Waals surface area (Å²) in [5.74, 6) is 0. The van der Waals surface area contributed by atoms with E-state index < -0.39 is 0 Å². The van der Waals surface area contributed by atoms with Crippen molar-refractivity contribution in [3.63, 3.8) is 0 Å². The highest BCUT2D eigenvalue weighted by atomic mass is 15.3. The third kappa shape index (κ3) is 5.31. The number of nitrogens with one attached hydrogen (secondary N) is 1. The van der Waals surface area contributed by atoms with Gasteiger partial charge >= 0.3 is 0 Å². The maximum Gasteiger partial charge on any atom is 0.0234 e. The highest BCUT2D eigenvalue weighted by Gasteiger charge is 2.16. The van der Waals surface area contributed by atoms with Crippen LogP contribution in [0.25, 0.3) is 0 Å². The van der Waals surface area contributed by atoms with Gasteiger partial charge in [-0.2, -0.15) is 0 Å². The Morgan fingerprint density at radius 2 is 1.63 bits per heavy atom. The first-order chi connectivity index (χ1) is 9.24. The number of piperazine rings is 1. The number of rotatable bonds is 6. The molecule has 1 fully saturated rings. The van der Waals surface area contributed by atoms with Crippen LogP contribution in [-0.2, 0) is 6.54 Å². The number of nitrogens with zero attached hydrogens (tertiary/aromatic N) is 2. The fraction of sp³-hybridized carbons (Fsp3) is 0.625. The number of hydrogen-bond donors (Lipinski definition) is 1. The van der Waals surface area contributed by atoms with Crippen LogP contribution >= 0.6 is 0 Å². The van der Waals surface area contributed by atoms with Gasteiger partial charge < -0.3 is 5.32 Å². The maximum absolute atomic E-state index is 3.49. The molecule has 1 aliphatic heterocycles. The van der Waals surface area contributed by atoms with E-state index in [0.29, 0.717) is 6.04 Å². The average molecular weight is 261 g/mol. The first-order valence-electron chi connectivity index (χ1n) is 7.46. The second kappa shape index (κ2) is 7.63. The van der Waals surface area contributed by atoms with Crippen LogP contribution < -0.4 is 5.32 Å². The summed E-state index contributed by atoms with van der Waals surface area (Å²) >= 11 is 0. The predicted molar refractivity (Wildman–Crippen MR) is 81.3 cm³/mol. The summed E-state index contributed by atoms with van der Waals surface area (Å²) in [4.78, 5) is 5.12. The normalized spacial score (nSPS) is 18.1. The third-order valence-corrected chi connectivity index (χ3v) is 3.69. The summed E-state index contributed by atoms with van der Waals surface area (Å²) in [6.07, 6.45) is 0. The van der Waals surface area contributed by atoms with Crippen LogP contribution in [-0.4, -0.2) is 55.1 Å². The second-order valence-electron chi connectivity index (χ2n) is 5.71. The van der Waals surface area contributed by atoms with Crippen molar-refractivity contribution in [2.45, 2.75) is 26.4 Å². The van der Waals surface area contributed by atoms with Crippen LogP contribution in [0.3, 0.4) is 0 Å². The van der Waals surface area contributed by atoms with E-state index in [2.05, 4.69) is 59.3 Å². The van der Waals surface area contributed by atoms with E-state index in [4.69, 9.17) is 0 Å². The lowest BCUT2D eigenvalue weighted by molar-refractivity contribution is 0.127. The zero-order valence-electron chi connectivity index (χ0n) is 12.3. The molecule has 0 atom stereocenters. The predicted octanol–water partition coefficient (Wildman–Crippen LogP) is 1.80. The minimum Gasteiger partial charge on any atom is -0.313 e. The van der Waals surface area contributed by atoms with E-state index in [0.717, 1.165) is 13.1 Å². The SMILES string of the molecule is CC(C)NCCN1CCN(Cc2ccccc2)CC1. The van der Waals surface area contributed by atoms with Crippen LogP contribution in [0.1, 0.15) is 19.4 Å². The summed E-state index contributed by atoms with van der Waals surface area (Å²) in [7, 11) is 0. The second-order valence-corrected chi connectivity index (χ2v) is 5.71. The standard InChI is InChI=1S/C16H27N3/c1-15(2)17-8-9-18-10-12-19(13-11-18)14-16-6-4-3-5-7-16/h3-7,15,17H,8-14H2,1-2H3. The van der Waals surface area contributed by atoms with Crippen LogP contribution in [0.5, 0.6) is 0 Å². The Balaban J connectivity index is 1.65. The topological polar surface area (TPSA) is 18.5 Å². The molecule has 1 aromatic rings. The van der Waals surface area contributed by atoms with E-state index in [9.17, 15) is 0 Å². The van der Waals surface area contributed by atoms with Crippen molar-refractivity contribution in [3.05, 3.63) is 35.9 Å². The van der Waals surface area contributed by atoms with E-state index in [1.807, 2.05) is 0 Å². The van der Waals surface area contributed by atoms with E-state index in [1.165, 1.54) is 38.3 Å². The van der Waals surface area contributed by atoms with Gasteiger partial charge in [0.25, 0.3) is 0 Å². The molecule has 0 radical (unpaired) electrons. The molecule has 106 valence electrons. The smallest absolute Gasteiger partial charge is 0.0234 e. The molecular weight excluding hydrogens is 234 g/mol. The van der Waals surface area contributed by atoms with Crippen LogP contribution in [0.15, 0.2) is 30.3 Å². The zero-order chi connectivity index (χ0) is 13.5.